The molecule has 18 heavy (non-hydrogen) atoms. The number of hydrogen-bond acceptors (Lipinski definition) is 5. The molecule has 1 atom stereocenters. The van der Waals surface area contributed by atoms with Crippen molar-refractivity contribution < 1.29 is 9.53 Å². The van der Waals surface area contributed by atoms with Crippen LogP contribution < -0.4 is 16.6 Å². The summed E-state index contributed by atoms with van der Waals surface area (Å²) in [7, 11) is 0. The van der Waals surface area contributed by atoms with Crippen molar-refractivity contribution in [2.75, 3.05) is 25.2 Å². The predicted octanol–water partition coefficient (Wildman–Crippen LogP) is 0.524. The first-order chi connectivity index (χ1) is 8.79. The number of nitrogen functional groups attached to an aromatic ring is 1. The zero-order valence-corrected chi connectivity index (χ0v) is 10.2. The van der Waals surface area contributed by atoms with Crippen LogP contribution in [0.3, 0.4) is 0 Å². The Bertz CT molecular complexity index is 405. The van der Waals surface area contributed by atoms with E-state index in [1.807, 2.05) is 0 Å². The lowest BCUT2D eigenvalue weighted by molar-refractivity contribution is 0.0945. The van der Waals surface area contributed by atoms with Gasteiger partial charge in [0, 0.05) is 19.8 Å². The number of rotatable bonds is 5. The molecule has 0 bridgehead atoms. The van der Waals surface area contributed by atoms with Crippen LogP contribution in [0.4, 0.5) is 5.82 Å². The monoisotopic (exact) mass is 250 g/mol. The fourth-order valence-corrected chi connectivity index (χ4v) is 1.93. The molecule has 1 aromatic rings. The lowest BCUT2D eigenvalue weighted by atomic mass is 10.1. The lowest BCUT2D eigenvalue weighted by Crippen LogP contribution is -2.27. The average Bonchev–Trinajstić information content (AvgIpc) is 2.92. The first kappa shape index (κ1) is 12.8. The van der Waals surface area contributed by atoms with Crippen molar-refractivity contribution in [2.24, 2.45) is 11.8 Å². The van der Waals surface area contributed by atoms with Crippen molar-refractivity contribution in [3.63, 3.8) is 0 Å². The molecule has 2 heterocycles. The minimum absolute atomic E-state index is 0.175. The molecule has 0 spiro atoms. The van der Waals surface area contributed by atoms with E-state index < -0.39 is 0 Å². The SMILES string of the molecule is NNc1cccc(C(=O)NCCC2CCOC2)n1. The van der Waals surface area contributed by atoms with Crippen LogP contribution >= 0.6 is 0 Å². The standard InChI is InChI=1S/C12H18N4O2/c13-16-11-3-1-2-10(15-11)12(17)14-6-4-9-5-7-18-8-9/h1-3,9H,4-8,13H2,(H,14,17)(H,15,16). The molecule has 1 amide bonds. The molecule has 0 radical (unpaired) electrons. The number of carbonyl (C=O) groups is 1. The number of pyridine rings is 1. The number of carbonyl (C=O) groups excluding carboxylic acids is 1. The van der Waals surface area contributed by atoms with Crippen LogP contribution in [0, 0.1) is 5.92 Å². The van der Waals surface area contributed by atoms with Crippen molar-refractivity contribution in [3.05, 3.63) is 23.9 Å². The fourth-order valence-electron chi connectivity index (χ4n) is 1.93. The normalized spacial score (nSPS) is 18.6. The first-order valence-corrected chi connectivity index (χ1v) is 6.09. The zero-order valence-electron chi connectivity index (χ0n) is 10.2. The highest BCUT2D eigenvalue weighted by Gasteiger charge is 2.15. The van der Waals surface area contributed by atoms with Crippen molar-refractivity contribution in [3.8, 4) is 0 Å². The summed E-state index contributed by atoms with van der Waals surface area (Å²) in [6.07, 6.45) is 2.03. The summed E-state index contributed by atoms with van der Waals surface area (Å²) in [6, 6.07) is 5.10. The molecule has 4 N–H and O–H groups in total. The van der Waals surface area contributed by atoms with Gasteiger partial charge >= 0.3 is 0 Å². The van der Waals surface area contributed by atoms with Crippen LogP contribution in [-0.4, -0.2) is 30.6 Å². The van der Waals surface area contributed by atoms with E-state index in [0.29, 0.717) is 24.0 Å². The summed E-state index contributed by atoms with van der Waals surface area (Å²) >= 11 is 0. The van der Waals surface area contributed by atoms with Gasteiger partial charge in [0.1, 0.15) is 11.5 Å². The molecule has 1 saturated heterocycles. The van der Waals surface area contributed by atoms with Gasteiger partial charge in [-0.15, -0.1) is 0 Å². The third-order valence-corrected chi connectivity index (χ3v) is 2.99. The number of nitrogens with one attached hydrogen (secondary N) is 2. The fraction of sp³-hybridized carbons (Fsp3) is 0.500. The van der Waals surface area contributed by atoms with Gasteiger partial charge in [0.25, 0.3) is 5.91 Å². The minimum Gasteiger partial charge on any atom is -0.381 e. The molecule has 0 aliphatic carbocycles. The van der Waals surface area contributed by atoms with E-state index in [4.69, 9.17) is 10.6 Å². The zero-order chi connectivity index (χ0) is 12.8. The summed E-state index contributed by atoms with van der Waals surface area (Å²) in [4.78, 5) is 15.9. The Kier molecular flexibility index (Phi) is 4.49. The Labute approximate surface area is 106 Å². The van der Waals surface area contributed by atoms with Gasteiger partial charge in [0.05, 0.1) is 0 Å². The number of nitrogens with two attached hydrogens (primary N) is 1. The molecule has 1 fully saturated rings. The van der Waals surface area contributed by atoms with E-state index >= 15 is 0 Å². The summed E-state index contributed by atoms with van der Waals surface area (Å²) in [5.41, 5.74) is 2.78. The number of amides is 1. The van der Waals surface area contributed by atoms with Crippen LogP contribution in [0.2, 0.25) is 0 Å². The molecular formula is C12H18N4O2. The summed E-state index contributed by atoms with van der Waals surface area (Å²) in [6.45, 7) is 2.29. The highest BCUT2D eigenvalue weighted by Crippen LogP contribution is 2.15. The van der Waals surface area contributed by atoms with E-state index in [1.54, 1.807) is 18.2 Å². The van der Waals surface area contributed by atoms with Crippen LogP contribution in [0.5, 0.6) is 0 Å². The molecule has 1 aliphatic rings. The Balaban J connectivity index is 1.79. The van der Waals surface area contributed by atoms with Gasteiger partial charge in [0.15, 0.2) is 0 Å². The maximum atomic E-state index is 11.8. The summed E-state index contributed by atoms with van der Waals surface area (Å²) in [5, 5.41) is 2.85. The number of anilines is 1. The second kappa shape index (κ2) is 6.32. The largest absolute Gasteiger partial charge is 0.381 e. The summed E-state index contributed by atoms with van der Waals surface area (Å²) < 4.78 is 5.28. The van der Waals surface area contributed by atoms with Crippen molar-refractivity contribution >= 4 is 11.7 Å². The van der Waals surface area contributed by atoms with E-state index in [-0.39, 0.29) is 5.91 Å². The Morgan fingerprint density at radius 1 is 1.56 bits per heavy atom. The smallest absolute Gasteiger partial charge is 0.269 e. The maximum Gasteiger partial charge on any atom is 0.269 e. The minimum atomic E-state index is -0.175. The number of aromatic nitrogens is 1. The molecule has 98 valence electrons. The Morgan fingerprint density at radius 3 is 3.17 bits per heavy atom. The Morgan fingerprint density at radius 2 is 2.44 bits per heavy atom. The molecule has 2 rings (SSSR count). The van der Waals surface area contributed by atoms with E-state index in [0.717, 1.165) is 26.1 Å². The van der Waals surface area contributed by atoms with Crippen LogP contribution in [-0.2, 0) is 4.74 Å². The number of hydrazine groups is 1. The van der Waals surface area contributed by atoms with Crippen LogP contribution in [0.1, 0.15) is 23.3 Å². The van der Waals surface area contributed by atoms with Gasteiger partial charge in [-0.2, -0.15) is 0 Å². The highest BCUT2D eigenvalue weighted by atomic mass is 16.5. The van der Waals surface area contributed by atoms with Crippen LogP contribution in [0.25, 0.3) is 0 Å². The molecule has 1 unspecified atom stereocenters. The third-order valence-electron chi connectivity index (χ3n) is 2.99. The molecule has 6 nitrogen and oxygen atoms in total. The molecule has 6 heteroatoms. The van der Waals surface area contributed by atoms with Gasteiger partial charge in [-0.25, -0.2) is 10.8 Å². The van der Waals surface area contributed by atoms with Gasteiger partial charge < -0.3 is 15.5 Å². The highest BCUT2D eigenvalue weighted by molar-refractivity contribution is 5.92. The third kappa shape index (κ3) is 3.41. The van der Waals surface area contributed by atoms with Gasteiger partial charge in [-0.3, -0.25) is 4.79 Å². The Hall–Kier alpha value is -1.66. The van der Waals surface area contributed by atoms with Gasteiger partial charge in [-0.1, -0.05) is 6.07 Å². The molecular weight excluding hydrogens is 232 g/mol. The molecule has 0 saturated carbocycles. The second-order valence-electron chi connectivity index (χ2n) is 4.33. The number of nitrogens with zero attached hydrogens (tertiary/aromatic N) is 1. The molecule has 0 aromatic carbocycles. The lowest BCUT2D eigenvalue weighted by Gasteiger charge is -2.09. The average molecular weight is 250 g/mol. The quantitative estimate of drug-likeness (QED) is 0.524. The second-order valence-corrected chi connectivity index (χ2v) is 4.33. The van der Waals surface area contributed by atoms with Gasteiger partial charge in [0.2, 0.25) is 0 Å². The number of hydrogen-bond donors (Lipinski definition) is 3. The topological polar surface area (TPSA) is 89.3 Å². The van der Waals surface area contributed by atoms with E-state index in [2.05, 4.69) is 15.7 Å². The van der Waals surface area contributed by atoms with Crippen molar-refractivity contribution in [1.29, 1.82) is 0 Å². The van der Waals surface area contributed by atoms with E-state index in [1.165, 1.54) is 0 Å². The predicted molar refractivity (Wildman–Crippen MR) is 67.9 cm³/mol. The van der Waals surface area contributed by atoms with Crippen molar-refractivity contribution in [1.82, 2.24) is 10.3 Å². The molecule has 1 aliphatic heterocycles. The maximum absolute atomic E-state index is 11.8. The van der Waals surface area contributed by atoms with E-state index in [9.17, 15) is 4.79 Å². The number of ether oxygens (including phenoxy) is 1. The van der Waals surface area contributed by atoms with Crippen molar-refractivity contribution in [2.45, 2.75) is 12.8 Å². The first-order valence-electron chi connectivity index (χ1n) is 6.09. The van der Waals surface area contributed by atoms with Crippen LogP contribution in [0.15, 0.2) is 18.2 Å². The molecule has 1 aromatic heterocycles. The van der Waals surface area contributed by atoms with Gasteiger partial charge in [-0.05, 0) is 30.9 Å². The summed E-state index contributed by atoms with van der Waals surface area (Å²) in [5.74, 6) is 6.11.